The third-order valence-electron chi connectivity index (χ3n) is 3.40. The van der Waals surface area contributed by atoms with Crippen molar-refractivity contribution in [2.24, 2.45) is 7.05 Å². The summed E-state index contributed by atoms with van der Waals surface area (Å²) >= 11 is 6.02. The standard InChI is InChI=1S/C17H17ClN2O/c1-11(2)12-7-13-10-20(3)19-17(13)16(8-12)21-15-6-4-5-14(18)9-15/h4-11H,1-3H3. The Kier molecular flexibility index (Phi) is 3.60. The van der Waals surface area contributed by atoms with Gasteiger partial charge >= 0.3 is 0 Å². The maximum Gasteiger partial charge on any atom is 0.155 e. The molecule has 0 amide bonds. The molecule has 3 aromatic rings. The predicted octanol–water partition coefficient (Wildman–Crippen LogP) is 5.14. The molecule has 21 heavy (non-hydrogen) atoms. The smallest absolute Gasteiger partial charge is 0.155 e. The maximum absolute atomic E-state index is 6.02. The number of rotatable bonds is 3. The summed E-state index contributed by atoms with van der Waals surface area (Å²) in [5.41, 5.74) is 2.09. The zero-order valence-electron chi connectivity index (χ0n) is 12.3. The van der Waals surface area contributed by atoms with E-state index in [9.17, 15) is 0 Å². The summed E-state index contributed by atoms with van der Waals surface area (Å²) in [5.74, 6) is 1.91. The van der Waals surface area contributed by atoms with Crippen molar-refractivity contribution in [3.05, 3.63) is 53.2 Å². The Morgan fingerprint density at radius 2 is 2.00 bits per heavy atom. The van der Waals surface area contributed by atoms with Gasteiger partial charge in [-0.1, -0.05) is 31.5 Å². The van der Waals surface area contributed by atoms with Crippen LogP contribution in [0.3, 0.4) is 0 Å². The molecule has 1 aromatic heterocycles. The number of aryl methyl sites for hydroxylation is 1. The van der Waals surface area contributed by atoms with Crippen molar-refractivity contribution in [3.8, 4) is 11.5 Å². The molecular formula is C17H17ClN2O. The summed E-state index contributed by atoms with van der Waals surface area (Å²) < 4.78 is 7.82. The van der Waals surface area contributed by atoms with Gasteiger partial charge in [-0.05, 0) is 41.8 Å². The first-order valence-corrected chi connectivity index (χ1v) is 7.31. The molecule has 0 fully saturated rings. The van der Waals surface area contributed by atoms with E-state index in [0.717, 1.165) is 22.4 Å². The van der Waals surface area contributed by atoms with E-state index < -0.39 is 0 Å². The predicted molar refractivity (Wildman–Crippen MR) is 86.3 cm³/mol. The summed E-state index contributed by atoms with van der Waals surface area (Å²) in [7, 11) is 1.91. The molecule has 0 atom stereocenters. The molecule has 2 aromatic carbocycles. The van der Waals surface area contributed by atoms with Crippen molar-refractivity contribution in [3.63, 3.8) is 0 Å². The molecule has 3 rings (SSSR count). The topological polar surface area (TPSA) is 27.1 Å². The molecule has 0 aliphatic rings. The van der Waals surface area contributed by atoms with Gasteiger partial charge in [0.25, 0.3) is 0 Å². The number of fused-ring (bicyclic) bond motifs is 1. The van der Waals surface area contributed by atoms with Crippen LogP contribution in [0, 0.1) is 0 Å². The molecule has 0 aliphatic heterocycles. The lowest BCUT2D eigenvalue weighted by molar-refractivity contribution is 0.485. The summed E-state index contributed by atoms with van der Waals surface area (Å²) in [4.78, 5) is 0. The highest BCUT2D eigenvalue weighted by Gasteiger charge is 2.12. The van der Waals surface area contributed by atoms with Gasteiger partial charge in [-0.3, -0.25) is 4.68 Å². The fourth-order valence-electron chi connectivity index (χ4n) is 2.31. The summed E-state index contributed by atoms with van der Waals surface area (Å²) in [6, 6.07) is 11.6. The lowest BCUT2D eigenvalue weighted by Gasteiger charge is -2.11. The van der Waals surface area contributed by atoms with Gasteiger partial charge in [0.15, 0.2) is 5.75 Å². The van der Waals surface area contributed by atoms with Gasteiger partial charge in [0.05, 0.1) is 0 Å². The van der Waals surface area contributed by atoms with Gasteiger partial charge in [0.1, 0.15) is 11.3 Å². The molecular weight excluding hydrogens is 284 g/mol. The van der Waals surface area contributed by atoms with E-state index in [0.29, 0.717) is 10.9 Å². The first-order chi connectivity index (χ1) is 10.0. The molecule has 3 nitrogen and oxygen atoms in total. The van der Waals surface area contributed by atoms with Crippen molar-refractivity contribution in [1.82, 2.24) is 9.78 Å². The van der Waals surface area contributed by atoms with Gasteiger partial charge in [-0.2, -0.15) is 5.10 Å². The quantitative estimate of drug-likeness (QED) is 0.669. The normalized spacial score (nSPS) is 11.3. The van der Waals surface area contributed by atoms with Crippen LogP contribution in [0.4, 0.5) is 0 Å². The van der Waals surface area contributed by atoms with E-state index in [4.69, 9.17) is 16.3 Å². The molecule has 108 valence electrons. The molecule has 0 aliphatic carbocycles. The number of hydrogen-bond acceptors (Lipinski definition) is 2. The number of benzene rings is 2. The molecule has 0 radical (unpaired) electrons. The van der Waals surface area contributed by atoms with Crippen molar-refractivity contribution < 1.29 is 4.74 Å². The van der Waals surface area contributed by atoms with Gasteiger partial charge in [-0.15, -0.1) is 0 Å². The summed E-state index contributed by atoms with van der Waals surface area (Å²) in [6.07, 6.45) is 2.01. The Morgan fingerprint density at radius 1 is 1.19 bits per heavy atom. The highest BCUT2D eigenvalue weighted by Crippen LogP contribution is 2.33. The number of aromatic nitrogens is 2. The largest absolute Gasteiger partial charge is 0.455 e. The van der Waals surface area contributed by atoms with Crippen LogP contribution in [-0.2, 0) is 7.05 Å². The molecule has 0 N–H and O–H groups in total. The lowest BCUT2D eigenvalue weighted by atomic mass is 10.0. The first-order valence-electron chi connectivity index (χ1n) is 6.93. The average molecular weight is 301 g/mol. The second-order valence-electron chi connectivity index (χ2n) is 5.47. The minimum Gasteiger partial charge on any atom is -0.455 e. The third-order valence-corrected chi connectivity index (χ3v) is 3.64. The van der Waals surface area contributed by atoms with Crippen molar-refractivity contribution in [2.75, 3.05) is 0 Å². The second kappa shape index (κ2) is 5.41. The van der Waals surface area contributed by atoms with E-state index >= 15 is 0 Å². The van der Waals surface area contributed by atoms with Crippen LogP contribution in [0.1, 0.15) is 25.3 Å². The highest BCUT2D eigenvalue weighted by molar-refractivity contribution is 6.30. The van der Waals surface area contributed by atoms with Crippen LogP contribution in [-0.4, -0.2) is 9.78 Å². The minimum absolute atomic E-state index is 0.427. The minimum atomic E-state index is 0.427. The van der Waals surface area contributed by atoms with Crippen LogP contribution in [0.15, 0.2) is 42.6 Å². The van der Waals surface area contributed by atoms with Crippen LogP contribution < -0.4 is 4.74 Å². The Bertz CT molecular complexity index is 793. The SMILES string of the molecule is CC(C)c1cc(Oc2cccc(Cl)c2)c2nn(C)cc2c1. The average Bonchev–Trinajstić information content (AvgIpc) is 2.79. The highest BCUT2D eigenvalue weighted by atomic mass is 35.5. The zero-order chi connectivity index (χ0) is 15.0. The fourth-order valence-corrected chi connectivity index (χ4v) is 2.49. The Balaban J connectivity index is 2.11. The fraction of sp³-hybridized carbons (Fsp3) is 0.235. The third kappa shape index (κ3) is 2.88. The maximum atomic E-state index is 6.02. The molecule has 0 unspecified atom stereocenters. The molecule has 0 saturated heterocycles. The molecule has 0 saturated carbocycles. The first kappa shape index (κ1) is 14.0. The van der Waals surface area contributed by atoms with Gasteiger partial charge in [0.2, 0.25) is 0 Å². The molecule has 4 heteroatoms. The number of hydrogen-bond donors (Lipinski definition) is 0. The zero-order valence-corrected chi connectivity index (χ0v) is 13.1. The Morgan fingerprint density at radius 3 is 2.71 bits per heavy atom. The van der Waals surface area contributed by atoms with E-state index in [2.05, 4.69) is 31.1 Å². The van der Waals surface area contributed by atoms with E-state index in [1.807, 2.05) is 31.4 Å². The van der Waals surface area contributed by atoms with Gasteiger partial charge < -0.3 is 4.74 Å². The van der Waals surface area contributed by atoms with Gasteiger partial charge in [0, 0.05) is 23.7 Å². The number of ether oxygens (including phenoxy) is 1. The Labute approximate surface area is 129 Å². The Hall–Kier alpha value is -2.00. The van der Waals surface area contributed by atoms with E-state index in [-0.39, 0.29) is 0 Å². The summed E-state index contributed by atoms with van der Waals surface area (Å²) in [5, 5.41) is 6.23. The van der Waals surface area contributed by atoms with Crippen molar-refractivity contribution >= 4 is 22.5 Å². The summed E-state index contributed by atoms with van der Waals surface area (Å²) in [6.45, 7) is 4.33. The molecule has 1 heterocycles. The van der Waals surface area contributed by atoms with Crippen LogP contribution >= 0.6 is 11.6 Å². The van der Waals surface area contributed by atoms with Crippen LogP contribution in [0.25, 0.3) is 10.9 Å². The monoisotopic (exact) mass is 300 g/mol. The van der Waals surface area contributed by atoms with Crippen molar-refractivity contribution in [2.45, 2.75) is 19.8 Å². The van der Waals surface area contributed by atoms with E-state index in [1.54, 1.807) is 10.7 Å². The van der Waals surface area contributed by atoms with Gasteiger partial charge in [-0.25, -0.2) is 0 Å². The molecule has 0 spiro atoms. The second-order valence-corrected chi connectivity index (χ2v) is 5.91. The number of nitrogens with zero attached hydrogens (tertiary/aromatic N) is 2. The lowest BCUT2D eigenvalue weighted by Crippen LogP contribution is -1.92. The number of halogens is 1. The van der Waals surface area contributed by atoms with Crippen LogP contribution in [0.2, 0.25) is 5.02 Å². The van der Waals surface area contributed by atoms with E-state index in [1.165, 1.54) is 5.56 Å². The van der Waals surface area contributed by atoms with Crippen LogP contribution in [0.5, 0.6) is 11.5 Å². The van der Waals surface area contributed by atoms with Crippen molar-refractivity contribution in [1.29, 1.82) is 0 Å². The molecule has 0 bridgehead atoms.